The molecule has 0 radical (unpaired) electrons. The third-order valence-electron chi connectivity index (χ3n) is 1.58. The maximum Gasteiger partial charge on any atom is 0.436 e. The van der Waals surface area contributed by atoms with E-state index in [9.17, 15) is 17.4 Å². The molecule has 0 amide bonds. The molecule has 0 fully saturated rings. The first-order valence-electron chi connectivity index (χ1n) is 3.86. The van der Waals surface area contributed by atoms with E-state index >= 15 is 0 Å². The topological polar surface area (TPSA) is 75.2 Å². The minimum Gasteiger partial charge on any atom is -0.284 e. The Labute approximate surface area is 95.4 Å². The average molecular weight is 279 g/mol. The molecule has 0 aromatic carbocycles. The predicted molar refractivity (Wildman–Crippen MR) is 49.0 cm³/mol. The van der Waals surface area contributed by atoms with E-state index in [1.807, 2.05) is 0 Å². The van der Waals surface area contributed by atoms with E-state index in [0.717, 1.165) is 0 Å². The lowest BCUT2D eigenvalue weighted by Gasteiger charge is -2.02. The summed E-state index contributed by atoms with van der Waals surface area (Å²) in [5, 5.41) is 4.54. The van der Waals surface area contributed by atoms with Gasteiger partial charge in [0.1, 0.15) is 0 Å². The van der Waals surface area contributed by atoms with Crippen LogP contribution in [0.5, 0.6) is 0 Å². The summed E-state index contributed by atoms with van der Waals surface area (Å²) in [4.78, 5) is 0. The van der Waals surface area contributed by atoms with Gasteiger partial charge in [-0.25, -0.2) is 0 Å². The number of hydrogen-bond donors (Lipinski definition) is 2. The molecule has 16 heavy (non-hydrogen) atoms. The lowest BCUT2D eigenvalue weighted by molar-refractivity contribution is -0.141. The highest BCUT2D eigenvalue weighted by atomic mass is 35.5. The first kappa shape index (κ1) is 13.4. The summed E-state index contributed by atoms with van der Waals surface area (Å²) < 4.78 is 59.2. The van der Waals surface area contributed by atoms with Gasteiger partial charge in [0.05, 0.1) is 17.3 Å². The fraction of sp³-hybridized carbons (Fsp3) is 0.500. The number of nitrogens with zero attached hydrogens (tertiary/aromatic N) is 1. The summed E-state index contributed by atoms with van der Waals surface area (Å²) in [5.41, 5.74) is -1.21. The molecule has 0 saturated heterocycles. The lowest BCUT2D eigenvalue weighted by Crippen LogP contribution is -2.06. The SMILES string of the molecule is O=S(O)OCCc1[nH]nc(C(F)(F)F)c1Cl. The maximum atomic E-state index is 12.2. The number of rotatable bonds is 4. The number of aromatic amines is 1. The molecule has 92 valence electrons. The third kappa shape index (κ3) is 3.44. The van der Waals surface area contributed by atoms with E-state index in [-0.39, 0.29) is 18.7 Å². The second-order valence-electron chi connectivity index (χ2n) is 2.65. The van der Waals surface area contributed by atoms with E-state index in [2.05, 4.69) is 14.4 Å². The Bertz CT molecular complexity index is 395. The summed E-state index contributed by atoms with van der Waals surface area (Å²) >= 11 is 2.96. The van der Waals surface area contributed by atoms with Crippen molar-refractivity contribution in [3.05, 3.63) is 16.4 Å². The molecule has 1 atom stereocenters. The van der Waals surface area contributed by atoms with Crippen molar-refractivity contribution in [2.45, 2.75) is 12.6 Å². The van der Waals surface area contributed by atoms with Crippen molar-refractivity contribution in [1.82, 2.24) is 10.2 Å². The first-order valence-corrected chi connectivity index (χ1v) is 5.27. The molecule has 0 spiro atoms. The monoisotopic (exact) mass is 278 g/mol. The van der Waals surface area contributed by atoms with Crippen LogP contribution in [0.4, 0.5) is 13.2 Å². The summed E-state index contributed by atoms with van der Waals surface area (Å²) in [6.07, 6.45) is -4.71. The molecule has 1 aromatic rings. The third-order valence-corrected chi connectivity index (χ3v) is 2.36. The summed E-state index contributed by atoms with van der Waals surface area (Å²) in [7, 11) is 0. The Kier molecular flexibility index (Phi) is 4.30. The van der Waals surface area contributed by atoms with E-state index in [4.69, 9.17) is 16.2 Å². The van der Waals surface area contributed by atoms with Crippen molar-refractivity contribution in [1.29, 1.82) is 0 Å². The Morgan fingerprint density at radius 1 is 1.56 bits per heavy atom. The molecular formula is C6H6ClF3N2O3S. The summed E-state index contributed by atoms with van der Waals surface area (Å²) in [6, 6.07) is 0. The molecule has 0 saturated carbocycles. The van der Waals surface area contributed by atoms with E-state index in [0.29, 0.717) is 0 Å². The molecule has 0 bridgehead atoms. The molecule has 1 unspecified atom stereocenters. The van der Waals surface area contributed by atoms with Gasteiger partial charge < -0.3 is 0 Å². The standard InChI is InChI=1S/C6H6ClF3N2O3S/c7-4-3(1-2-15-16(13)14)11-12-5(4)6(8,9)10/h1-2H2,(H,11,12)(H,13,14). The van der Waals surface area contributed by atoms with Crippen molar-refractivity contribution in [3.8, 4) is 0 Å². The molecule has 1 heterocycles. The molecule has 0 aliphatic carbocycles. The Morgan fingerprint density at radius 2 is 2.19 bits per heavy atom. The smallest absolute Gasteiger partial charge is 0.284 e. The highest BCUT2D eigenvalue weighted by molar-refractivity contribution is 7.74. The molecule has 1 aromatic heterocycles. The minimum absolute atomic E-state index is 0.000517. The van der Waals surface area contributed by atoms with Crippen molar-refractivity contribution in [2.24, 2.45) is 0 Å². The highest BCUT2D eigenvalue weighted by Gasteiger charge is 2.37. The minimum atomic E-state index is -4.63. The molecule has 10 heteroatoms. The van der Waals surface area contributed by atoms with Crippen LogP contribution < -0.4 is 0 Å². The van der Waals surface area contributed by atoms with Crippen LogP contribution in [0.15, 0.2) is 0 Å². The average Bonchev–Trinajstić information content (AvgIpc) is 2.46. The molecule has 2 N–H and O–H groups in total. The van der Waals surface area contributed by atoms with Gasteiger partial charge in [0.25, 0.3) is 0 Å². The van der Waals surface area contributed by atoms with Crippen LogP contribution in [0.1, 0.15) is 11.4 Å². The van der Waals surface area contributed by atoms with Gasteiger partial charge in [0, 0.05) is 6.42 Å². The molecular weight excluding hydrogens is 273 g/mol. The largest absolute Gasteiger partial charge is 0.436 e. The van der Waals surface area contributed by atoms with Gasteiger partial charge in [-0.1, -0.05) is 11.6 Å². The van der Waals surface area contributed by atoms with Crippen LogP contribution in [0, 0.1) is 0 Å². The molecule has 0 aliphatic heterocycles. The molecule has 0 aliphatic rings. The summed E-state index contributed by atoms with van der Waals surface area (Å²) in [6.45, 7) is -0.248. The van der Waals surface area contributed by atoms with Crippen molar-refractivity contribution in [2.75, 3.05) is 6.61 Å². The van der Waals surface area contributed by atoms with Gasteiger partial charge in [-0.15, -0.1) is 0 Å². The molecule has 5 nitrogen and oxygen atoms in total. The van der Waals surface area contributed by atoms with Crippen LogP contribution in [-0.4, -0.2) is 25.6 Å². The number of nitrogens with one attached hydrogen (secondary N) is 1. The van der Waals surface area contributed by atoms with Crippen molar-refractivity contribution < 1.29 is 26.1 Å². The lowest BCUT2D eigenvalue weighted by atomic mass is 10.3. The van der Waals surface area contributed by atoms with Crippen LogP contribution in [0.2, 0.25) is 5.02 Å². The first-order chi connectivity index (χ1) is 7.32. The maximum absolute atomic E-state index is 12.2. The van der Waals surface area contributed by atoms with Gasteiger partial charge in [0.2, 0.25) is 0 Å². The van der Waals surface area contributed by atoms with Crippen LogP contribution in [0.3, 0.4) is 0 Å². The van der Waals surface area contributed by atoms with Gasteiger partial charge in [-0.2, -0.15) is 22.5 Å². The second kappa shape index (κ2) is 5.13. The van der Waals surface area contributed by atoms with E-state index < -0.39 is 28.3 Å². The quantitative estimate of drug-likeness (QED) is 0.823. The Morgan fingerprint density at radius 3 is 2.62 bits per heavy atom. The fourth-order valence-corrected chi connectivity index (χ4v) is 1.45. The zero-order valence-corrected chi connectivity index (χ0v) is 9.12. The fourth-order valence-electron chi connectivity index (χ4n) is 0.933. The van der Waals surface area contributed by atoms with Gasteiger partial charge >= 0.3 is 17.5 Å². The van der Waals surface area contributed by atoms with Gasteiger partial charge in [-0.05, 0) is 0 Å². The predicted octanol–water partition coefficient (Wildman–Crippen LogP) is 1.78. The number of aromatic nitrogens is 2. The van der Waals surface area contributed by atoms with Crippen LogP contribution in [0.25, 0.3) is 0 Å². The van der Waals surface area contributed by atoms with Crippen molar-refractivity contribution >= 4 is 23.0 Å². The number of H-pyrrole nitrogens is 1. The molecule has 1 rings (SSSR count). The van der Waals surface area contributed by atoms with Crippen LogP contribution >= 0.6 is 11.6 Å². The van der Waals surface area contributed by atoms with E-state index in [1.54, 1.807) is 0 Å². The van der Waals surface area contributed by atoms with Gasteiger partial charge in [0.15, 0.2) is 5.69 Å². The zero-order chi connectivity index (χ0) is 12.3. The van der Waals surface area contributed by atoms with E-state index in [1.165, 1.54) is 0 Å². The number of alkyl halides is 3. The highest BCUT2D eigenvalue weighted by Crippen LogP contribution is 2.34. The second-order valence-corrected chi connectivity index (χ2v) is 3.70. The normalized spacial score (nSPS) is 14.1. The zero-order valence-electron chi connectivity index (χ0n) is 7.55. The summed E-state index contributed by atoms with van der Waals surface area (Å²) in [5.74, 6) is 0. The Hall–Kier alpha value is -0.640. The van der Waals surface area contributed by atoms with Gasteiger partial charge in [-0.3, -0.25) is 13.8 Å². The van der Waals surface area contributed by atoms with Crippen LogP contribution in [-0.2, 0) is 28.1 Å². The Balaban J connectivity index is 2.69. The number of halogens is 4. The van der Waals surface area contributed by atoms with Crippen molar-refractivity contribution in [3.63, 3.8) is 0 Å². The number of hydrogen-bond acceptors (Lipinski definition) is 3.